The molecule has 14 heavy (non-hydrogen) atoms. The summed E-state index contributed by atoms with van der Waals surface area (Å²) in [5.74, 6) is 0.437. The van der Waals surface area contributed by atoms with Crippen LogP contribution in [-0.4, -0.2) is 12.6 Å². The number of hydrogen-bond acceptors (Lipinski definition) is 2. The number of nitrogens with zero attached hydrogens (tertiary/aromatic N) is 1. The third kappa shape index (κ3) is 1.61. The van der Waals surface area contributed by atoms with E-state index in [0.29, 0.717) is 12.5 Å². The highest BCUT2D eigenvalue weighted by atomic mass is 16.1. The summed E-state index contributed by atoms with van der Waals surface area (Å²) in [4.78, 5) is 13.7. The zero-order valence-corrected chi connectivity index (χ0v) is 8.29. The molecule has 2 heteroatoms. The second-order valence-electron chi connectivity index (χ2n) is 3.87. The Morgan fingerprint density at radius 1 is 1.57 bits per heavy atom. The number of aryl methyl sites for hydroxylation is 2. The molecule has 1 aromatic carbocycles. The fourth-order valence-electron chi connectivity index (χ4n) is 2.17. The molecule has 0 radical (unpaired) electrons. The minimum Gasteiger partial charge on any atom is -0.211 e. The van der Waals surface area contributed by atoms with Crippen molar-refractivity contribution in [2.45, 2.75) is 25.7 Å². The molecule has 0 heterocycles. The largest absolute Gasteiger partial charge is 0.234 e. The first-order chi connectivity index (χ1) is 6.81. The van der Waals surface area contributed by atoms with Crippen LogP contribution >= 0.6 is 0 Å². The molecule has 0 aliphatic heterocycles. The zero-order valence-electron chi connectivity index (χ0n) is 8.29. The Morgan fingerprint density at radius 3 is 3.21 bits per heavy atom. The van der Waals surface area contributed by atoms with E-state index < -0.39 is 0 Å². The zero-order chi connectivity index (χ0) is 9.97. The minimum atomic E-state index is 0.437. The van der Waals surface area contributed by atoms with Gasteiger partial charge in [0.05, 0.1) is 6.54 Å². The molecular weight excluding hydrogens is 174 g/mol. The predicted molar refractivity (Wildman–Crippen MR) is 55.2 cm³/mol. The van der Waals surface area contributed by atoms with Gasteiger partial charge < -0.3 is 0 Å². The van der Waals surface area contributed by atoms with Gasteiger partial charge >= 0.3 is 0 Å². The summed E-state index contributed by atoms with van der Waals surface area (Å²) >= 11 is 0. The molecule has 0 saturated carbocycles. The summed E-state index contributed by atoms with van der Waals surface area (Å²) < 4.78 is 0. The Balaban J connectivity index is 2.26. The van der Waals surface area contributed by atoms with Crippen molar-refractivity contribution in [2.75, 3.05) is 6.54 Å². The fraction of sp³-hybridized carbons (Fsp3) is 0.417. The summed E-state index contributed by atoms with van der Waals surface area (Å²) in [6.07, 6.45) is 3.85. The first-order valence-electron chi connectivity index (χ1n) is 4.94. The number of fused-ring (bicyclic) bond motifs is 1. The summed E-state index contributed by atoms with van der Waals surface area (Å²) in [7, 11) is 0. The van der Waals surface area contributed by atoms with Crippen LogP contribution in [0.5, 0.6) is 0 Å². The van der Waals surface area contributed by atoms with Crippen LogP contribution in [0.15, 0.2) is 23.2 Å². The van der Waals surface area contributed by atoms with Gasteiger partial charge in [-0.25, -0.2) is 9.79 Å². The first kappa shape index (κ1) is 9.17. The second-order valence-corrected chi connectivity index (χ2v) is 3.87. The molecule has 2 rings (SSSR count). The Labute approximate surface area is 83.7 Å². The number of carbonyl (C=O) groups excluding carboxylic acids is 1. The van der Waals surface area contributed by atoms with Crippen molar-refractivity contribution in [1.82, 2.24) is 0 Å². The molecule has 72 valence electrons. The van der Waals surface area contributed by atoms with Crippen LogP contribution in [0.25, 0.3) is 0 Å². The van der Waals surface area contributed by atoms with Gasteiger partial charge in [-0.15, -0.1) is 0 Å². The lowest BCUT2D eigenvalue weighted by Crippen LogP contribution is -1.97. The molecule has 1 aliphatic rings. The maximum atomic E-state index is 10.0. The van der Waals surface area contributed by atoms with Gasteiger partial charge in [0.15, 0.2) is 0 Å². The number of rotatable bonds is 2. The molecule has 1 aromatic rings. The van der Waals surface area contributed by atoms with Crippen LogP contribution in [0.3, 0.4) is 0 Å². The Hall–Kier alpha value is -1.40. The molecule has 0 saturated heterocycles. The molecule has 0 bridgehead atoms. The standard InChI is InChI=1S/C12H13NO/c1-9-2-5-12-10(6-9)3-4-11(12)7-13-8-14/h2,5-6,11H,3-4,7H2,1H3. The molecule has 0 spiro atoms. The topological polar surface area (TPSA) is 29.4 Å². The van der Waals surface area contributed by atoms with Gasteiger partial charge in [-0.1, -0.05) is 23.8 Å². The van der Waals surface area contributed by atoms with E-state index in [1.54, 1.807) is 6.08 Å². The van der Waals surface area contributed by atoms with Crippen molar-refractivity contribution in [2.24, 2.45) is 4.99 Å². The van der Waals surface area contributed by atoms with Crippen LogP contribution in [0.1, 0.15) is 29.0 Å². The SMILES string of the molecule is Cc1ccc2c(c1)CCC2CN=C=O. The second kappa shape index (κ2) is 3.77. The molecular formula is C12H13NO. The van der Waals surface area contributed by atoms with Crippen LogP contribution in [0.2, 0.25) is 0 Å². The predicted octanol–water partition coefficient (Wildman–Crippen LogP) is 2.36. The molecule has 0 aromatic heterocycles. The van der Waals surface area contributed by atoms with Gasteiger partial charge in [0.25, 0.3) is 0 Å². The number of aliphatic imine (C=N–C) groups is 1. The van der Waals surface area contributed by atoms with Crippen LogP contribution in [0.4, 0.5) is 0 Å². The lowest BCUT2D eigenvalue weighted by molar-refractivity contribution is 0.560. The molecule has 1 unspecified atom stereocenters. The van der Waals surface area contributed by atoms with Gasteiger partial charge in [0.1, 0.15) is 0 Å². The average molecular weight is 187 g/mol. The maximum absolute atomic E-state index is 10.0. The van der Waals surface area contributed by atoms with Crippen LogP contribution < -0.4 is 0 Å². The molecule has 2 nitrogen and oxygen atoms in total. The molecule has 0 N–H and O–H groups in total. The molecule has 0 fully saturated rings. The van der Waals surface area contributed by atoms with Crippen LogP contribution in [-0.2, 0) is 11.2 Å². The van der Waals surface area contributed by atoms with E-state index in [0.717, 1.165) is 12.8 Å². The maximum Gasteiger partial charge on any atom is 0.234 e. The van der Waals surface area contributed by atoms with Crippen molar-refractivity contribution in [1.29, 1.82) is 0 Å². The fourth-order valence-corrected chi connectivity index (χ4v) is 2.17. The number of isocyanates is 1. The van der Waals surface area contributed by atoms with Crippen molar-refractivity contribution >= 4 is 6.08 Å². The third-order valence-electron chi connectivity index (χ3n) is 2.88. The highest BCUT2D eigenvalue weighted by Crippen LogP contribution is 2.33. The Morgan fingerprint density at radius 2 is 2.43 bits per heavy atom. The summed E-state index contributed by atoms with van der Waals surface area (Å²) in [5, 5.41) is 0. The molecule has 1 aliphatic carbocycles. The highest BCUT2D eigenvalue weighted by Gasteiger charge is 2.21. The monoisotopic (exact) mass is 187 g/mol. The summed E-state index contributed by atoms with van der Waals surface area (Å²) in [6, 6.07) is 6.53. The Bertz CT molecular complexity index is 391. The molecule has 0 amide bonds. The quantitative estimate of drug-likeness (QED) is 0.516. The average Bonchev–Trinajstić information content (AvgIpc) is 2.57. The highest BCUT2D eigenvalue weighted by molar-refractivity contribution is 5.39. The van der Waals surface area contributed by atoms with Crippen molar-refractivity contribution in [3.05, 3.63) is 34.9 Å². The van der Waals surface area contributed by atoms with E-state index in [9.17, 15) is 4.79 Å². The number of hydrogen-bond donors (Lipinski definition) is 0. The smallest absolute Gasteiger partial charge is 0.211 e. The third-order valence-corrected chi connectivity index (χ3v) is 2.88. The minimum absolute atomic E-state index is 0.437. The summed E-state index contributed by atoms with van der Waals surface area (Å²) in [5.41, 5.74) is 4.11. The van der Waals surface area contributed by atoms with Crippen molar-refractivity contribution in [3.63, 3.8) is 0 Å². The normalized spacial score (nSPS) is 18.8. The van der Waals surface area contributed by atoms with Crippen LogP contribution in [0, 0.1) is 6.92 Å². The van der Waals surface area contributed by atoms with Gasteiger partial charge in [0.2, 0.25) is 6.08 Å². The van der Waals surface area contributed by atoms with E-state index >= 15 is 0 Å². The number of benzene rings is 1. The van der Waals surface area contributed by atoms with E-state index in [2.05, 4.69) is 30.1 Å². The first-order valence-corrected chi connectivity index (χ1v) is 4.94. The Kier molecular flexibility index (Phi) is 2.47. The van der Waals surface area contributed by atoms with Gasteiger partial charge in [0, 0.05) is 5.92 Å². The van der Waals surface area contributed by atoms with Gasteiger partial charge in [-0.05, 0) is 30.9 Å². The van der Waals surface area contributed by atoms with E-state index in [-0.39, 0.29) is 0 Å². The summed E-state index contributed by atoms with van der Waals surface area (Å²) in [6.45, 7) is 2.71. The molecule has 1 atom stereocenters. The van der Waals surface area contributed by atoms with E-state index in [1.807, 2.05) is 0 Å². The van der Waals surface area contributed by atoms with Gasteiger partial charge in [-0.2, -0.15) is 0 Å². The van der Waals surface area contributed by atoms with Gasteiger partial charge in [-0.3, -0.25) is 0 Å². The lowest BCUT2D eigenvalue weighted by Gasteiger charge is -2.07. The van der Waals surface area contributed by atoms with E-state index in [1.165, 1.54) is 16.7 Å². The van der Waals surface area contributed by atoms with Crippen molar-refractivity contribution < 1.29 is 4.79 Å². The van der Waals surface area contributed by atoms with Crippen molar-refractivity contribution in [3.8, 4) is 0 Å². The lowest BCUT2D eigenvalue weighted by atomic mass is 10.0. The van der Waals surface area contributed by atoms with E-state index in [4.69, 9.17) is 0 Å².